The predicted molar refractivity (Wildman–Crippen MR) is 85.6 cm³/mol. The lowest BCUT2D eigenvalue weighted by molar-refractivity contribution is 0.173. The molecule has 5 heteroatoms. The summed E-state index contributed by atoms with van der Waals surface area (Å²) in [6, 6.07) is 9.73. The molecule has 1 unspecified atom stereocenters. The Morgan fingerprint density at radius 3 is 2.81 bits per heavy atom. The number of nitrogens with one attached hydrogen (secondary N) is 2. The van der Waals surface area contributed by atoms with Crippen LogP contribution in [-0.4, -0.2) is 24.2 Å². The molecule has 3 N–H and O–H groups in total. The fourth-order valence-corrected chi connectivity index (χ4v) is 2.74. The minimum absolute atomic E-state index is 0.215. The number of aliphatic hydroxyl groups is 1. The maximum Gasteiger partial charge on any atom is 0.314 e. The molecular weight excluding hydrogens is 284 g/mol. The summed E-state index contributed by atoms with van der Waals surface area (Å²) in [5, 5.41) is 19.1. The Kier molecular flexibility index (Phi) is 5.78. The van der Waals surface area contributed by atoms with Crippen LogP contribution in [0.25, 0.3) is 0 Å². The van der Waals surface area contributed by atoms with Gasteiger partial charge in [-0.05, 0) is 46.9 Å². The van der Waals surface area contributed by atoms with Crippen molar-refractivity contribution in [3.05, 3.63) is 57.8 Å². The Morgan fingerprint density at radius 2 is 2.10 bits per heavy atom. The second-order valence-electron chi connectivity index (χ2n) is 4.89. The van der Waals surface area contributed by atoms with Gasteiger partial charge in [0.25, 0.3) is 0 Å². The van der Waals surface area contributed by atoms with E-state index >= 15 is 0 Å². The molecule has 1 atom stereocenters. The lowest BCUT2D eigenvalue weighted by atomic mass is 10.1. The molecule has 0 radical (unpaired) electrons. The van der Waals surface area contributed by atoms with Crippen LogP contribution in [0.5, 0.6) is 0 Å². The van der Waals surface area contributed by atoms with Crippen molar-refractivity contribution < 1.29 is 9.90 Å². The summed E-state index contributed by atoms with van der Waals surface area (Å²) in [7, 11) is 0. The normalized spacial score (nSPS) is 11.9. The van der Waals surface area contributed by atoms with Crippen LogP contribution in [0.4, 0.5) is 4.79 Å². The first-order valence-electron chi connectivity index (χ1n) is 6.93. The zero-order valence-electron chi connectivity index (χ0n) is 12.0. The molecule has 0 bridgehead atoms. The average Bonchev–Trinajstić information content (AvgIpc) is 3.01. The van der Waals surface area contributed by atoms with Crippen molar-refractivity contribution in [3.8, 4) is 0 Å². The van der Waals surface area contributed by atoms with Crippen LogP contribution in [0.3, 0.4) is 0 Å². The molecule has 1 heterocycles. The summed E-state index contributed by atoms with van der Waals surface area (Å²) in [6.07, 6.45) is 0.144. The van der Waals surface area contributed by atoms with Crippen LogP contribution in [0, 0.1) is 6.92 Å². The van der Waals surface area contributed by atoms with Gasteiger partial charge in [-0.2, -0.15) is 11.3 Å². The first-order chi connectivity index (χ1) is 10.2. The van der Waals surface area contributed by atoms with E-state index in [4.69, 9.17) is 0 Å². The van der Waals surface area contributed by atoms with Crippen molar-refractivity contribution in [3.63, 3.8) is 0 Å². The number of aliphatic hydroxyl groups excluding tert-OH is 1. The van der Waals surface area contributed by atoms with Crippen molar-refractivity contribution in [1.29, 1.82) is 0 Å². The molecule has 21 heavy (non-hydrogen) atoms. The molecule has 1 aromatic heterocycles. The third kappa shape index (κ3) is 4.88. The predicted octanol–water partition coefficient (Wildman–Crippen LogP) is 2.63. The highest BCUT2D eigenvalue weighted by Crippen LogP contribution is 2.14. The van der Waals surface area contributed by atoms with Gasteiger partial charge in [-0.3, -0.25) is 0 Å². The van der Waals surface area contributed by atoms with E-state index in [1.165, 1.54) is 22.5 Å². The maximum atomic E-state index is 11.7. The van der Waals surface area contributed by atoms with Crippen LogP contribution < -0.4 is 10.6 Å². The van der Waals surface area contributed by atoms with Crippen molar-refractivity contribution in [2.75, 3.05) is 13.1 Å². The minimum Gasteiger partial charge on any atom is -0.387 e. The number of rotatable bonds is 6. The van der Waals surface area contributed by atoms with E-state index in [0.29, 0.717) is 6.54 Å². The van der Waals surface area contributed by atoms with Crippen molar-refractivity contribution in [2.45, 2.75) is 19.4 Å². The standard InChI is InChI=1S/C16H20N2O2S/c1-12-4-2-3-5-13(12)6-8-17-16(20)18-10-15(19)14-7-9-21-11-14/h2-5,7,9,11,15,19H,6,8,10H2,1H3,(H2,17,18,20). The molecule has 0 aliphatic heterocycles. The number of hydrogen-bond acceptors (Lipinski definition) is 3. The highest BCUT2D eigenvalue weighted by Gasteiger charge is 2.09. The zero-order valence-corrected chi connectivity index (χ0v) is 12.8. The van der Waals surface area contributed by atoms with E-state index in [2.05, 4.69) is 29.7 Å². The zero-order chi connectivity index (χ0) is 15.1. The smallest absolute Gasteiger partial charge is 0.314 e. The molecule has 1 aromatic carbocycles. The molecular formula is C16H20N2O2S. The van der Waals surface area contributed by atoms with Gasteiger partial charge in [0.05, 0.1) is 6.10 Å². The van der Waals surface area contributed by atoms with E-state index < -0.39 is 6.10 Å². The fraction of sp³-hybridized carbons (Fsp3) is 0.312. The van der Waals surface area contributed by atoms with Gasteiger partial charge in [-0.1, -0.05) is 24.3 Å². The van der Waals surface area contributed by atoms with Gasteiger partial charge in [0, 0.05) is 13.1 Å². The van der Waals surface area contributed by atoms with Crippen molar-refractivity contribution >= 4 is 17.4 Å². The van der Waals surface area contributed by atoms with Crippen LogP contribution >= 0.6 is 11.3 Å². The number of aryl methyl sites for hydroxylation is 1. The van der Waals surface area contributed by atoms with Gasteiger partial charge in [-0.15, -0.1) is 0 Å². The lowest BCUT2D eigenvalue weighted by Crippen LogP contribution is -2.38. The Morgan fingerprint density at radius 1 is 1.29 bits per heavy atom. The van der Waals surface area contributed by atoms with Crippen LogP contribution in [0.2, 0.25) is 0 Å². The first-order valence-corrected chi connectivity index (χ1v) is 7.87. The summed E-state index contributed by atoms with van der Waals surface area (Å²) >= 11 is 1.53. The van der Waals surface area contributed by atoms with Crippen molar-refractivity contribution in [1.82, 2.24) is 10.6 Å². The number of carbonyl (C=O) groups excluding carboxylic acids is 1. The molecule has 0 aliphatic carbocycles. The Hall–Kier alpha value is -1.85. The highest BCUT2D eigenvalue weighted by molar-refractivity contribution is 7.07. The van der Waals surface area contributed by atoms with Gasteiger partial charge in [0.1, 0.15) is 0 Å². The first kappa shape index (κ1) is 15.5. The van der Waals surface area contributed by atoms with E-state index in [9.17, 15) is 9.90 Å². The largest absolute Gasteiger partial charge is 0.387 e. The van der Waals surface area contributed by atoms with Gasteiger partial charge in [0.2, 0.25) is 0 Å². The molecule has 2 aromatic rings. The SMILES string of the molecule is Cc1ccccc1CCNC(=O)NCC(O)c1ccsc1. The molecule has 0 saturated heterocycles. The third-order valence-corrected chi connectivity index (χ3v) is 4.03. The van der Waals surface area contributed by atoms with Gasteiger partial charge in [-0.25, -0.2) is 4.79 Å². The van der Waals surface area contributed by atoms with E-state index in [-0.39, 0.29) is 12.6 Å². The number of hydrogen-bond donors (Lipinski definition) is 3. The highest BCUT2D eigenvalue weighted by atomic mass is 32.1. The molecule has 0 aliphatic rings. The number of urea groups is 1. The number of benzene rings is 1. The maximum absolute atomic E-state index is 11.7. The Bertz CT molecular complexity index is 569. The molecule has 4 nitrogen and oxygen atoms in total. The Labute approximate surface area is 128 Å². The summed E-state index contributed by atoms with van der Waals surface area (Å²) in [5.41, 5.74) is 3.30. The second-order valence-corrected chi connectivity index (χ2v) is 5.67. The van der Waals surface area contributed by atoms with Gasteiger partial charge >= 0.3 is 6.03 Å². The van der Waals surface area contributed by atoms with Crippen LogP contribution in [0.1, 0.15) is 22.8 Å². The minimum atomic E-state index is -0.654. The summed E-state index contributed by atoms with van der Waals surface area (Å²) in [5.74, 6) is 0. The van der Waals surface area contributed by atoms with Crippen LogP contribution in [0.15, 0.2) is 41.1 Å². The van der Waals surface area contributed by atoms with Crippen molar-refractivity contribution in [2.24, 2.45) is 0 Å². The number of carbonyl (C=O) groups is 1. The number of amides is 2. The summed E-state index contributed by atoms with van der Waals surface area (Å²) in [4.78, 5) is 11.7. The molecule has 2 amide bonds. The quantitative estimate of drug-likeness (QED) is 0.768. The van der Waals surface area contributed by atoms with Gasteiger partial charge in [0.15, 0.2) is 0 Å². The summed E-state index contributed by atoms with van der Waals surface area (Å²) in [6.45, 7) is 2.85. The average molecular weight is 304 g/mol. The molecule has 0 fully saturated rings. The topological polar surface area (TPSA) is 61.4 Å². The number of thiophene rings is 1. The monoisotopic (exact) mass is 304 g/mol. The Balaban J connectivity index is 1.67. The van der Waals surface area contributed by atoms with E-state index in [1.54, 1.807) is 0 Å². The van der Waals surface area contributed by atoms with Crippen LogP contribution in [-0.2, 0) is 6.42 Å². The third-order valence-electron chi connectivity index (χ3n) is 3.33. The van der Waals surface area contributed by atoms with Gasteiger partial charge < -0.3 is 15.7 Å². The fourth-order valence-electron chi connectivity index (χ4n) is 2.04. The lowest BCUT2D eigenvalue weighted by Gasteiger charge is -2.12. The second kappa shape index (κ2) is 7.81. The summed E-state index contributed by atoms with van der Waals surface area (Å²) < 4.78 is 0. The van der Waals surface area contributed by atoms with E-state index in [0.717, 1.165) is 12.0 Å². The molecule has 112 valence electrons. The molecule has 2 rings (SSSR count). The molecule has 0 saturated carbocycles. The molecule has 0 spiro atoms. The van der Waals surface area contributed by atoms with E-state index in [1.807, 2.05) is 29.0 Å².